The second kappa shape index (κ2) is 5.89. The summed E-state index contributed by atoms with van der Waals surface area (Å²) >= 11 is 0. The van der Waals surface area contributed by atoms with Gasteiger partial charge in [-0.1, -0.05) is 29.8 Å². The first-order valence-electron chi connectivity index (χ1n) is 5.44. The number of nitrogens with two attached hydrogens (primary N) is 2. The van der Waals surface area contributed by atoms with Gasteiger partial charge in [-0.3, -0.25) is 5.41 Å². The third-order valence-electron chi connectivity index (χ3n) is 2.45. The predicted octanol–water partition coefficient (Wildman–Crippen LogP) is 0.677. The Kier molecular flexibility index (Phi) is 4.51. The maximum absolute atomic E-state index is 7.60. The van der Waals surface area contributed by atoms with Crippen molar-refractivity contribution in [2.45, 2.75) is 13.3 Å². The Labute approximate surface area is 102 Å². The normalized spacial score (nSPS) is 9.76. The second-order valence-electron chi connectivity index (χ2n) is 4.02. The molecule has 5 heteroatoms. The molecule has 0 fully saturated rings. The van der Waals surface area contributed by atoms with Gasteiger partial charge < -0.3 is 16.4 Å². The molecule has 17 heavy (non-hydrogen) atoms. The zero-order valence-corrected chi connectivity index (χ0v) is 10.3. The van der Waals surface area contributed by atoms with Gasteiger partial charge in [-0.25, -0.2) is 0 Å². The number of guanidine groups is 2. The van der Waals surface area contributed by atoms with Crippen LogP contribution in [0, 0.1) is 12.3 Å². The average molecular weight is 233 g/mol. The number of hydrogen-bond acceptors (Lipinski definition) is 1. The van der Waals surface area contributed by atoms with Crippen LogP contribution in [0.25, 0.3) is 0 Å². The van der Waals surface area contributed by atoms with Crippen LogP contribution in [-0.4, -0.2) is 30.4 Å². The Morgan fingerprint density at radius 2 is 1.88 bits per heavy atom. The van der Waals surface area contributed by atoms with Crippen molar-refractivity contribution in [2.75, 3.05) is 13.6 Å². The van der Waals surface area contributed by atoms with Crippen LogP contribution in [-0.2, 0) is 6.42 Å². The quantitative estimate of drug-likeness (QED) is 0.529. The van der Waals surface area contributed by atoms with E-state index in [4.69, 9.17) is 16.9 Å². The molecule has 0 amide bonds. The second-order valence-corrected chi connectivity index (χ2v) is 4.02. The molecule has 0 aliphatic rings. The van der Waals surface area contributed by atoms with E-state index in [1.165, 1.54) is 11.1 Å². The lowest BCUT2D eigenvalue weighted by atomic mass is 10.1. The summed E-state index contributed by atoms with van der Waals surface area (Å²) in [6, 6.07) is 8.34. The molecule has 0 aliphatic heterocycles. The van der Waals surface area contributed by atoms with Gasteiger partial charge in [-0.2, -0.15) is 4.99 Å². The van der Waals surface area contributed by atoms with Gasteiger partial charge in [-0.05, 0) is 18.9 Å². The van der Waals surface area contributed by atoms with Crippen LogP contribution >= 0.6 is 0 Å². The molecule has 5 nitrogen and oxygen atoms in total. The first-order valence-corrected chi connectivity index (χ1v) is 5.44. The van der Waals surface area contributed by atoms with E-state index in [2.05, 4.69) is 36.2 Å². The standard InChI is InChI=1S/C12H19N5/c1-9-3-5-10(6-4-9)7-8-17(2)12(15)16-11(13)14/h3-6H,7-8H2,1-2H3,(H5,13,14,15,16). The van der Waals surface area contributed by atoms with Crippen LogP contribution in [0.5, 0.6) is 0 Å². The number of aliphatic imine (C=N–C) groups is 1. The number of rotatable bonds is 3. The molecule has 5 N–H and O–H groups in total. The third kappa shape index (κ3) is 4.55. The van der Waals surface area contributed by atoms with Crippen molar-refractivity contribution < 1.29 is 0 Å². The van der Waals surface area contributed by atoms with Crippen LogP contribution in [0.1, 0.15) is 11.1 Å². The molecule has 0 unspecified atom stereocenters. The largest absolute Gasteiger partial charge is 0.370 e. The minimum atomic E-state index is -0.0859. The zero-order valence-electron chi connectivity index (χ0n) is 10.3. The highest BCUT2D eigenvalue weighted by Crippen LogP contribution is 2.04. The van der Waals surface area contributed by atoms with E-state index in [0.29, 0.717) is 6.54 Å². The molecule has 0 saturated heterocycles. The predicted molar refractivity (Wildman–Crippen MR) is 71.0 cm³/mol. The fourth-order valence-electron chi connectivity index (χ4n) is 1.37. The van der Waals surface area contributed by atoms with Crippen molar-refractivity contribution in [1.29, 1.82) is 5.41 Å². The minimum absolute atomic E-state index is 0.0807. The topological polar surface area (TPSA) is 91.5 Å². The summed E-state index contributed by atoms with van der Waals surface area (Å²) in [4.78, 5) is 5.39. The van der Waals surface area contributed by atoms with Crippen LogP contribution in [0.3, 0.4) is 0 Å². The van der Waals surface area contributed by atoms with Crippen molar-refractivity contribution in [1.82, 2.24) is 4.90 Å². The Morgan fingerprint density at radius 1 is 1.29 bits per heavy atom. The van der Waals surface area contributed by atoms with Crippen molar-refractivity contribution in [3.63, 3.8) is 0 Å². The summed E-state index contributed by atoms with van der Waals surface area (Å²) < 4.78 is 0. The number of nitrogens with zero attached hydrogens (tertiary/aromatic N) is 2. The van der Waals surface area contributed by atoms with Gasteiger partial charge in [0.25, 0.3) is 0 Å². The van der Waals surface area contributed by atoms with Crippen molar-refractivity contribution >= 4 is 11.9 Å². The molecule has 0 spiro atoms. The van der Waals surface area contributed by atoms with E-state index in [-0.39, 0.29) is 11.9 Å². The van der Waals surface area contributed by atoms with E-state index in [1.54, 1.807) is 11.9 Å². The summed E-state index contributed by atoms with van der Waals surface area (Å²) in [5.74, 6) is -0.00528. The van der Waals surface area contributed by atoms with E-state index in [9.17, 15) is 0 Å². The monoisotopic (exact) mass is 233 g/mol. The van der Waals surface area contributed by atoms with Crippen molar-refractivity contribution in [3.05, 3.63) is 35.4 Å². The highest BCUT2D eigenvalue weighted by Gasteiger charge is 2.03. The molecule has 0 aliphatic carbocycles. The molecule has 0 heterocycles. The summed E-state index contributed by atoms with van der Waals surface area (Å²) in [6.07, 6.45) is 0.860. The number of likely N-dealkylation sites (N-methyl/N-ethyl adjacent to an activating group) is 1. The maximum Gasteiger partial charge on any atom is 0.220 e. The van der Waals surface area contributed by atoms with Gasteiger partial charge in [0.2, 0.25) is 5.96 Å². The maximum atomic E-state index is 7.60. The Bertz CT molecular complexity index is 403. The van der Waals surface area contributed by atoms with Gasteiger partial charge in [0.15, 0.2) is 5.96 Å². The minimum Gasteiger partial charge on any atom is -0.370 e. The average Bonchev–Trinajstić information content (AvgIpc) is 2.27. The van der Waals surface area contributed by atoms with Crippen molar-refractivity contribution in [3.8, 4) is 0 Å². The highest BCUT2D eigenvalue weighted by molar-refractivity contribution is 5.91. The molecule has 0 bridgehead atoms. The fourth-order valence-corrected chi connectivity index (χ4v) is 1.37. The molecule has 0 radical (unpaired) electrons. The SMILES string of the molecule is Cc1ccc(CCN(C)C(=N)N=C(N)N)cc1. The summed E-state index contributed by atoms with van der Waals surface area (Å²) in [7, 11) is 1.79. The molecule has 1 aromatic rings. The van der Waals surface area contributed by atoms with E-state index in [1.807, 2.05) is 0 Å². The number of benzene rings is 1. The summed E-state index contributed by atoms with van der Waals surface area (Å²) in [5.41, 5.74) is 12.9. The van der Waals surface area contributed by atoms with Gasteiger partial charge in [-0.15, -0.1) is 0 Å². The molecule has 1 rings (SSSR count). The third-order valence-corrected chi connectivity index (χ3v) is 2.45. The molecular weight excluding hydrogens is 214 g/mol. The van der Waals surface area contributed by atoms with Crippen LogP contribution < -0.4 is 11.5 Å². The van der Waals surface area contributed by atoms with E-state index < -0.39 is 0 Å². The highest BCUT2D eigenvalue weighted by atomic mass is 15.2. The molecule has 0 aromatic heterocycles. The molecule has 0 atom stereocenters. The number of hydrogen-bond donors (Lipinski definition) is 3. The van der Waals surface area contributed by atoms with Gasteiger partial charge in [0.1, 0.15) is 0 Å². The molecular formula is C12H19N5. The summed E-state index contributed by atoms with van der Waals surface area (Å²) in [5, 5.41) is 7.60. The van der Waals surface area contributed by atoms with Crippen LogP contribution in [0.15, 0.2) is 29.3 Å². The van der Waals surface area contributed by atoms with Gasteiger partial charge in [0, 0.05) is 13.6 Å². The molecule has 1 aromatic carbocycles. The van der Waals surface area contributed by atoms with Crippen LogP contribution in [0.4, 0.5) is 0 Å². The first-order chi connectivity index (χ1) is 7.99. The van der Waals surface area contributed by atoms with Crippen molar-refractivity contribution in [2.24, 2.45) is 16.5 Å². The first kappa shape index (κ1) is 13.0. The fraction of sp³-hybridized carbons (Fsp3) is 0.333. The smallest absolute Gasteiger partial charge is 0.220 e. The Morgan fingerprint density at radius 3 is 2.41 bits per heavy atom. The van der Waals surface area contributed by atoms with Crippen LogP contribution in [0.2, 0.25) is 0 Å². The Balaban J connectivity index is 2.48. The summed E-state index contributed by atoms with van der Waals surface area (Å²) in [6.45, 7) is 2.77. The van der Waals surface area contributed by atoms with Gasteiger partial charge in [0.05, 0.1) is 0 Å². The lowest BCUT2D eigenvalue weighted by Crippen LogP contribution is -2.31. The molecule has 0 saturated carbocycles. The number of aryl methyl sites for hydroxylation is 1. The van der Waals surface area contributed by atoms with E-state index >= 15 is 0 Å². The lowest BCUT2D eigenvalue weighted by Gasteiger charge is -2.16. The Hall–Kier alpha value is -2.04. The zero-order chi connectivity index (χ0) is 12.8. The lowest BCUT2D eigenvalue weighted by molar-refractivity contribution is 0.499. The van der Waals surface area contributed by atoms with E-state index in [0.717, 1.165) is 6.42 Å². The number of nitrogens with one attached hydrogen (secondary N) is 1. The molecule has 92 valence electrons. The van der Waals surface area contributed by atoms with Gasteiger partial charge >= 0.3 is 0 Å².